The summed E-state index contributed by atoms with van der Waals surface area (Å²) in [5, 5.41) is 0. The van der Waals surface area contributed by atoms with Gasteiger partial charge < -0.3 is 15.2 Å². The van der Waals surface area contributed by atoms with Crippen molar-refractivity contribution in [3.05, 3.63) is 12.7 Å². The molecular weight excluding hydrogens is 246 g/mol. The molecule has 19 heavy (non-hydrogen) atoms. The van der Waals surface area contributed by atoms with Crippen molar-refractivity contribution in [3.63, 3.8) is 0 Å². The Balaban J connectivity index is 1.95. The first-order chi connectivity index (χ1) is 9.24. The summed E-state index contributed by atoms with van der Waals surface area (Å²) in [4.78, 5) is 12.4. The number of hydrogen-bond donors (Lipinski definition) is 1. The number of ether oxygens (including phenoxy) is 2. The summed E-state index contributed by atoms with van der Waals surface area (Å²) in [6, 6.07) is 0. The van der Waals surface area contributed by atoms with Crippen molar-refractivity contribution in [1.82, 2.24) is 19.5 Å². The summed E-state index contributed by atoms with van der Waals surface area (Å²) >= 11 is 0. The second-order valence-electron chi connectivity index (χ2n) is 4.63. The lowest BCUT2D eigenvalue weighted by atomic mass is 10.1. The van der Waals surface area contributed by atoms with Crippen LogP contribution in [-0.2, 0) is 9.47 Å². The number of methoxy groups -OCH3 is 1. The van der Waals surface area contributed by atoms with Gasteiger partial charge in [-0.3, -0.25) is 4.57 Å². The van der Waals surface area contributed by atoms with E-state index in [1.165, 1.54) is 6.33 Å². The minimum absolute atomic E-state index is 0.103. The van der Waals surface area contributed by atoms with Crippen LogP contribution in [0, 0.1) is 0 Å². The number of nitrogens with zero attached hydrogens (tertiary/aromatic N) is 4. The number of anilines is 1. The van der Waals surface area contributed by atoms with Crippen LogP contribution in [0.15, 0.2) is 12.7 Å². The van der Waals surface area contributed by atoms with Gasteiger partial charge in [0.15, 0.2) is 11.5 Å². The molecule has 3 rings (SSSR count). The predicted molar refractivity (Wildman–Crippen MR) is 69.4 cm³/mol. The van der Waals surface area contributed by atoms with Crippen LogP contribution in [0.25, 0.3) is 11.2 Å². The van der Waals surface area contributed by atoms with Gasteiger partial charge in [-0.15, -0.1) is 0 Å². The number of nitrogens with two attached hydrogens (primary N) is 1. The van der Waals surface area contributed by atoms with E-state index in [9.17, 15) is 0 Å². The second-order valence-corrected chi connectivity index (χ2v) is 4.63. The van der Waals surface area contributed by atoms with Crippen molar-refractivity contribution in [2.24, 2.45) is 0 Å². The zero-order chi connectivity index (χ0) is 13.4. The van der Waals surface area contributed by atoms with Gasteiger partial charge in [-0.05, 0) is 6.42 Å². The summed E-state index contributed by atoms with van der Waals surface area (Å²) in [5.41, 5.74) is 7.09. The highest BCUT2D eigenvalue weighted by Gasteiger charge is 2.35. The van der Waals surface area contributed by atoms with Gasteiger partial charge in [0.25, 0.3) is 0 Å². The predicted octanol–water partition coefficient (Wildman–Crippen LogP) is 1.12. The highest BCUT2D eigenvalue weighted by molar-refractivity contribution is 5.81. The van der Waals surface area contributed by atoms with Crippen LogP contribution in [-0.4, -0.2) is 38.8 Å². The fourth-order valence-electron chi connectivity index (χ4n) is 2.56. The zero-order valence-electron chi connectivity index (χ0n) is 11.0. The minimum Gasteiger partial charge on any atom is -0.382 e. The third kappa shape index (κ3) is 1.95. The summed E-state index contributed by atoms with van der Waals surface area (Å²) in [5.74, 6) is 0.386. The maximum Gasteiger partial charge on any atom is 0.167 e. The van der Waals surface area contributed by atoms with Gasteiger partial charge in [0.1, 0.15) is 18.1 Å². The zero-order valence-corrected chi connectivity index (χ0v) is 11.0. The average Bonchev–Trinajstić information content (AvgIpc) is 3.02. The lowest BCUT2D eigenvalue weighted by Gasteiger charge is -2.14. The molecule has 0 aliphatic carbocycles. The first kappa shape index (κ1) is 12.3. The van der Waals surface area contributed by atoms with Gasteiger partial charge in [0, 0.05) is 13.5 Å². The molecule has 7 heteroatoms. The largest absolute Gasteiger partial charge is 0.382 e. The van der Waals surface area contributed by atoms with Gasteiger partial charge >= 0.3 is 0 Å². The number of rotatable bonds is 3. The van der Waals surface area contributed by atoms with E-state index in [1.807, 2.05) is 4.57 Å². The molecule has 2 aromatic heterocycles. The molecule has 1 aliphatic rings. The first-order valence-corrected chi connectivity index (χ1v) is 6.35. The molecule has 2 aromatic rings. The number of aromatic nitrogens is 4. The molecular formula is C12H17N5O2. The van der Waals surface area contributed by atoms with Crippen molar-refractivity contribution in [3.8, 4) is 0 Å². The standard InChI is InChI=1S/C12H17N5O2/c1-3-7-8(18-2)4-9(19-7)17-6-16-10-11(13)14-5-15-12(10)17/h5-9H,3-4H2,1-2H3,(H2,13,14,15)/t7-,8+,9-/m1/s1. The van der Waals surface area contributed by atoms with Crippen LogP contribution >= 0.6 is 0 Å². The molecule has 0 unspecified atom stereocenters. The normalized spacial score (nSPS) is 27.2. The number of nitrogen functional groups attached to an aromatic ring is 1. The molecule has 1 aliphatic heterocycles. The van der Waals surface area contributed by atoms with Crippen LogP contribution in [0.2, 0.25) is 0 Å². The van der Waals surface area contributed by atoms with Gasteiger partial charge in [-0.1, -0.05) is 6.92 Å². The Labute approximate surface area is 110 Å². The van der Waals surface area contributed by atoms with Crippen molar-refractivity contribution < 1.29 is 9.47 Å². The molecule has 7 nitrogen and oxygen atoms in total. The van der Waals surface area contributed by atoms with Crippen LogP contribution in [0.4, 0.5) is 5.82 Å². The molecule has 102 valence electrons. The third-order valence-electron chi connectivity index (χ3n) is 3.58. The number of hydrogen-bond acceptors (Lipinski definition) is 6. The molecule has 0 aromatic carbocycles. The summed E-state index contributed by atoms with van der Waals surface area (Å²) in [6.07, 6.45) is 4.93. The van der Waals surface area contributed by atoms with Crippen LogP contribution in [0.1, 0.15) is 26.0 Å². The van der Waals surface area contributed by atoms with E-state index < -0.39 is 0 Å². The quantitative estimate of drug-likeness (QED) is 0.892. The fraction of sp³-hybridized carbons (Fsp3) is 0.583. The van der Waals surface area contributed by atoms with Crippen molar-refractivity contribution >= 4 is 17.0 Å². The molecule has 0 spiro atoms. The number of imidazole rings is 1. The Kier molecular flexibility index (Phi) is 3.08. The average molecular weight is 263 g/mol. The van der Waals surface area contributed by atoms with E-state index in [-0.39, 0.29) is 18.4 Å². The summed E-state index contributed by atoms with van der Waals surface area (Å²) in [6.45, 7) is 2.09. The van der Waals surface area contributed by atoms with Gasteiger partial charge in [0.2, 0.25) is 0 Å². The number of fused-ring (bicyclic) bond motifs is 1. The monoisotopic (exact) mass is 263 g/mol. The molecule has 2 N–H and O–H groups in total. The molecule has 0 radical (unpaired) electrons. The molecule has 0 saturated carbocycles. The Morgan fingerprint density at radius 1 is 1.47 bits per heavy atom. The first-order valence-electron chi connectivity index (χ1n) is 6.35. The maximum atomic E-state index is 6.00. The summed E-state index contributed by atoms with van der Waals surface area (Å²) in [7, 11) is 1.71. The van der Waals surface area contributed by atoms with Gasteiger partial charge in [-0.25, -0.2) is 15.0 Å². The Morgan fingerprint density at radius 3 is 3.00 bits per heavy atom. The molecule has 0 amide bonds. The topological polar surface area (TPSA) is 88.1 Å². The van der Waals surface area contributed by atoms with E-state index in [2.05, 4.69) is 21.9 Å². The molecule has 1 fully saturated rings. The second kappa shape index (κ2) is 4.75. The molecule has 1 saturated heterocycles. The molecule has 0 bridgehead atoms. The van der Waals surface area contributed by atoms with Gasteiger partial charge in [-0.2, -0.15) is 0 Å². The lowest BCUT2D eigenvalue weighted by molar-refractivity contribution is -0.0273. The van der Waals surface area contributed by atoms with E-state index in [4.69, 9.17) is 15.2 Å². The Hall–Kier alpha value is -1.73. The van der Waals surface area contributed by atoms with Crippen LogP contribution < -0.4 is 5.73 Å². The smallest absolute Gasteiger partial charge is 0.167 e. The molecule has 3 heterocycles. The van der Waals surface area contributed by atoms with E-state index in [1.54, 1.807) is 13.4 Å². The van der Waals surface area contributed by atoms with E-state index in [0.29, 0.717) is 17.0 Å². The summed E-state index contributed by atoms with van der Waals surface area (Å²) < 4.78 is 13.4. The van der Waals surface area contributed by atoms with Crippen LogP contribution in [0.5, 0.6) is 0 Å². The lowest BCUT2D eigenvalue weighted by Crippen LogP contribution is -2.21. The van der Waals surface area contributed by atoms with Gasteiger partial charge in [0.05, 0.1) is 18.5 Å². The maximum absolute atomic E-state index is 6.00. The highest BCUT2D eigenvalue weighted by Crippen LogP contribution is 2.33. The third-order valence-corrected chi connectivity index (χ3v) is 3.58. The highest BCUT2D eigenvalue weighted by atomic mass is 16.6. The van der Waals surface area contributed by atoms with E-state index >= 15 is 0 Å². The van der Waals surface area contributed by atoms with Crippen molar-refractivity contribution in [1.29, 1.82) is 0 Å². The van der Waals surface area contributed by atoms with Crippen LogP contribution in [0.3, 0.4) is 0 Å². The Bertz CT molecular complexity index is 573. The Morgan fingerprint density at radius 2 is 2.32 bits per heavy atom. The fourth-order valence-corrected chi connectivity index (χ4v) is 2.56. The van der Waals surface area contributed by atoms with Crippen molar-refractivity contribution in [2.45, 2.75) is 38.2 Å². The molecule has 3 atom stereocenters. The van der Waals surface area contributed by atoms with E-state index in [0.717, 1.165) is 12.8 Å². The SMILES string of the molecule is CC[C@H]1O[C@@H](n2cnc3c(N)ncnc32)C[C@@H]1OC. The van der Waals surface area contributed by atoms with Crippen molar-refractivity contribution in [2.75, 3.05) is 12.8 Å². The minimum atomic E-state index is -0.116.